The molecule has 0 aliphatic heterocycles. The van der Waals surface area contributed by atoms with E-state index in [0.717, 1.165) is 21.9 Å². The molecule has 0 aliphatic carbocycles. The summed E-state index contributed by atoms with van der Waals surface area (Å²) in [5, 5.41) is 20.3. The van der Waals surface area contributed by atoms with Crippen LogP contribution in [0.25, 0.3) is 22.0 Å². The number of ether oxygens (including phenoxy) is 1. The molecule has 4 rings (SSSR count). The predicted octanol–water partition coefficient (Wildman–Crippen LogP) is 5.50. The maximum atomic E-state index is 9.81. The molecule has 0 spiro atoms. The summed E-state index contributed by atoms with van der Waals surface area (Å²) >= 11 is 6.61. The summed E-state index contributed by atoms with van der Waals surface area (Å²) in [5.41, 5.74) is 2.41. The van der Waals surface area contributed by atoms with Crippen LogP contribution in [0.3, 0.4) is 0 Å². The quantitative estimate of drug-likeness (QED) is 0.412. The minimum atomic E-state index is 0.134. The van der Waals surface area contributed by atoms with Gasteiger partial charge in [0.25, 0.3) is 0 Å². The van der Waals surface area contributed by atoms with Crippen LogP contribution in [-0.4, -0.2) is 20.3 Å². The first kappa shape index (κ1) is 17.9. The second kappa shape index (κ2) is 7.62. The number of fused-ring (bicyclic) bond motifs is 1. The highest BCUT2D eigenvalue weighted by atomic mass is 79.9. The van der Waals surface area contributed by atoms with Crippen molar-refractivity contribution < 1.29 is 9.84 Å². The van der Waals surface area contributed by atoms with E-state index in [1.165, 1.54) is 0 Å². The van der Waals surface area contributed by atoms with E-state index in [4.69, 9.17) is 4.74 Å². The molecule has 0 saturated carbocycles. The van der Waals surface area contributed by atoms with Gasteiger partial charge in [-0.15, -0.1) is 5.10 Å². The lowest BCUT2D eigenvalue weighted by molar-refractivity contribution is 0.278. The van der Waals surface area contributed by atoms with Gasteiger partial charge in [-0.05, 0) is 60.3 Å². The highest BCUT2D eigenvalue weighted by molar-refractivity contribution is 9.11. The van der Waals surface area contributed by atoms with Gasteiger partial charge in [0.2, 0.25) is 0 Å². The fourth-order valence-electron chi connectivity index (χ4n) is 2.74. The van der Waals surface area contributed by atoms with E-state index >= 15 is 0 Å². The van der Waals surface area contributed by atoms with E-state index in [-0.39, 0.29) is 11.8 Å². The number of phenolic OH excluding ortho intramolecular Hbond substituents is 1. The van der Waals surface area contributed by atoms with Crippen LogP contribution in [0.15, 0.2) is 69.7 Å². The number of hydrogen-bond acceptors (Lipinski definition) is 5. The minimum absolute atomic E-state index is 0.134. The molecule has 134 valence electrons. The molecular weight excluding hydrogens is 474 g/mol. The van der Waals surface area contributed by atoms with Gasteiger partial charge in [-0.3, -0.25) is 0 Å². The fourth-order valence-corrected chi connectivity index (χ4v) is 3.92. The Kier molecular flexibility index (Phi) is 5.05. The molecule has 4 aromatic rings. The van der Waals surface area contributed by atoms with E-state index in [0.29, 0.717) is 21.2 Å². The summed E-state index contributed by atoms with van der Waals surface area (Å²) < 4.78 is 6.83. The summed E-state index contributed by atoms with van der Waals surface area (Å²) in [4.78, 5) is 4.24. The van der Waals surface area contributed by atoms with Crippen LogP contribution in [0.4, 0.5) is 0 Å². The first-order chi connectivity index (χ1) is 13.1. The van der Waals surface area contributed by atoms with Crippen molar-refractivity contribution >= 4 is 42.6 Å². The fraction of sp³-hybridized carbons (Fsp3) is 0.0500. The van der Waals surface area contributed by atoms with Gasteiger partial charge in [0.15, 0.2) is 0 Å². The molecule has 0 atom stereocenters. The van der Waals surface area contributed by atoms with Gasteiger partial charge in [0, 0.05) is 5.56 Å². The van der Waals surface area contributed by atoms with Gasteiger partial charge in [0.05, 0.1) is 15.1 Å². The first-order valence-electron chi connectivity index (χ1n) is 8.09. The molecule has 0 saturated heterocycles. The number of hydrogen-bond donors (Lipinski definition) is 1. The van der Waals surface area contributed by atoms with E-state index in [2.05, 4.69) is 65.2 Å². The summed E-state index contributed by atoms with van der Waals surface area (Å²) in [6.07, 6.45) is 1.59. The molecule has 1 N–H and O–H groups in total. The Morgan fingerprint density at radius 3 is 2.41 bits per heavy atom. The van der Waals surface area contributed by atoms with Gasteiger partial charge in [-0.2, -0.15) is 0 Å². The molecule has 0 bridgehead atoms. The number of benzene rings is 3. The van der Waals surface area contributed by atoms with Crippen molar-refractivity contribution in [3.8, 4) is 23.0 Å². The molecule has 0 amide bonds. The maximum Gasteiger partial charge on any atom is 0.336 e. The van der Waals surface area contributed by atoms with Crippen molar-refractivity contribution in [3.05, 3.63) is 75.3 Å². The normalized spacial score (nSPS) is 10.9. The SMILES string of the molecule is Oc1c(Br)cc(-c2cnc(OCc3cccc4ccccc34)nn2)cc1Br. The Bertz CT molecular complexity index is 1090. The zero-order chi connectivity index (χ0) is 18.8. The lowest BCUT2D eigenvalue weighted by Gasteiger charge is -2.08. The van der Waals surface area contributed by atoms with Gasteiger partial charge in [-0.25, -0.2) is 4.98 Å². The van der Waals surface area contributed by atoms with Crippen LogP contribution >= 0.6 is 31.9 Å². The van der Waals surface area contributed by atoms with Crippen molar-refractivity contribution in [2.75, 3.05) is 0 Å². The van der Waals surface area contributed by atoms with Crippen molar-refractivity contribution in [1.29, 1.82) is 0 Å². The molecule has 0 fully saturated rings. The molecule has 0 unspecified atom stereocenters. The van der Waals surface area contributed by atoms with E-state index in [9.17, 15) is 5.11 Å². The predicted molar refractivity (Wildman–Crippen MR) is 111 cm³/mol. The van der Waals surface area contributed by atoms with E-state index in [1.807, 2.05) is 24.3 Å². The maximum absolute atomic E-state index is 9.81. The Morgan fingerprint density at radius 2 is 1.67 bits per heavy atom. The van der Waals surface area contributed by atoms with Crippen LogP contribution < -0.4 is 4.74 Å². The topological polar surface area (TPSA) is 68.1 Å². The molecular formula is C20H13Br2N3O2. The Hall–Kier alpha value is -2.51. The molecule has 3 aromatic carbocycles. The van der Waals surface area contributed by atoms with Crippen LogP contribution in [0.2, 0.25) is 0 Å². The van der Waals surface area contributed by atoms with Crippen molar-refractivity contribution in [2.24, 2.45) is 0 Å². The summed E-state index contributed by atoms with van der Waals surface area (Å²) in [6.45, 7) is 0.360. The molecule has 5 nitrogen and oxygen atoms in total. The van der Waals surface area contributed by atoms with Gasteiger partial charge in [-0.1, -0.05) is 47.6 Å². The number of aromatic nitrogens is 3. The summed E-state index contributed by atoms with van der Waals surface area (Å²) in [6, 6.07) is 18.0. The number of halogens is 2. The molecule has 0 aliphatic rings. The lowest BCUT2D eigenvalue weighted by Crippen LogP contribution is -2.02. The standard InChI is InChI=1S/C20H13Br2N3O2/c21-16-8-14(9-17(22)19(16)26)18-10-23-20(25-24-18)27-11-13-6-3-5-12-4-1-2-7-15(12)13/h1-10,26H,11H2. The second-order valence-corrected chi connectivity index (χ2v) is 7.55. The molecule has 0 radical (unpaired) electrons. The molecule has 7 heteroatoms. The highest BCUT2D eigenvalue weighted by Crippen LogP contribution is 2.36. The Morgan fingerprint density at radius 1 is 0.926 bits per heavy atom. The van der Waals surface area contributed by atoms with Crippen LogP contribution in [0.5, 0.6) is 11.8 Å². The Labute approximate surface area is 172 Å². The lowest BCUT2D eigenvalue weighted by atomic mass is 10.1. The molecule has 1 aromatic heterocycles. The third kappa shape index (κ3) is 3.79. The number of nitrogens with zero attached hydrogens (tertiary/aromatic N) is 3. The number of phenols is 1. The van der Waals surface area contributed by atoms with Crippen LogP contribution in [0.1, 0.15) is 5.56 Å². The van der Waals surface area contributed by atoms with Gasteiger partial charge < -0.3 is 9.84 Å². The third-order valence-electron chi connectivity index (χ3n) is 4.09. The third-order valence-corrected chi connectivity index (χ3v) is 5.30. The summed E-state index contributed by atoms with van der Waals surface area (Å²) in [7, 11) is 0. The number of rotatable bonds is 4. The zero-order valence-corrected chi connectivity index (χ0v) is 17.1. The first-order valence-corrected chi connectivity index (χ1v) is 9.68. The van der Waals surface area contributed by atoms with E-state index < -0.39 is 0 Å². The largest absolute Gasteiger partial charge is 0.506 e. The highest BCUT2D eigenvalue weighted by Gasteiger charge is 2.10. The molecule has 1 heterocycles. The smallest absolute Gasteiger partial charge is 0.336 e. The van der Waals surface area contributed by atoms with Gasteiger partial charge >= 0.3 is 6.01 Å². The average molecular weight is 487 g/mol. The second-order valence-electron chi connectivity index (χ2n) is 5.84. The summed E-state index contributed by atoms with van der Waals surface area (Å²) in [5.74, 6) is 0.134. The monoisotopic (exact) mass is 485 g/mol. The van der Waals surface area contributed by atoms with Crippen molar-refractivity contribution in [2.45, 2.75) is 6.61 Å². The van der Waals surface area contributed by atoms with Crippen molar-refractivity contribution in [1.82, 2.24) is 15.2 Å². The number of aromatic hydroxyl groups is 1. The average Bonchev–Trinajstić information content (AvgIpc) is 2.70. The van der Waals surface area contributed by atoms with Crippen molar-refractivity contribution in [3.63, 3.8) is 0 Å². The molecule has 27 heavy (non-hydrogen) atoms. The van der Waals surface area contributed by atoms with Crippen LogP contribution in [-0.2, 0) is 6.61 Å². The van der Waals surface area contributed by atoms with Gasteiger partial charge in [0.1, 0.15) is 18.1 Å². The minimum Gasteiger partial charge on any atom is -0.506 e. The van der Waals surface area contributed by atoms with E-state index in [1.54, 1.807) is 18.3 Å². The zero-order valence-electron chi connectivity index (χ0n) is 13.9. The Balaban J connectivity index is 1.53. The van der Waals surface area contributed by atoms with Crippen LogP contribution in [0, 0.1) is 0 Å².